The molecule has 0 radical (unpaired) electrons. The molecule has 6 nitrogen and oxygen atoms in total. The summed E-state index contributed by atoms with van der Waals surface area (Å²) in [5, 5.41) is 10.2. The monoisotopic (exact) mass is 332 g/mol. The number of nitrogens with two attached hydrogens (primary N) is 1. The van der Waals surface area contributed by atoms with E-state index in [1.165, 1.54) is 0 Å². The maximum absolute atomic E-state index is 11.3. The molecule has 1 amide bonds. The fourth-order valence-corrected chi connectivity index (χ4v) is 4.56. The maximum atomic E-state index is 11.3. The number of hydrogen-bond donors (Lipinski definition) is 2. The summed E-state index contributed by atoms with van der Waals surface area (Å²) in [5.41, 5.74) is 5.85. The van der Waals surface area contributed by atoms with Gasteiger partial charge < -0.3 is 20.3 Å². The summed E-state index contributed by atoms with van der Waals surface area (Å²) in [5.74, 6) is 0.550. The van der Waals surface area contributed by atoms with Crippen LogP contribution in [-0.2, 0) is 9.53 Å². The van der Waals surface area contributed by atoms with Gasteiger partial charge in [0.15, 0.2) is 11.5 Å². The van der Waals surface area contributed by atoms with Crippen molar-refractivity contribution in [1.29, 1.82) is 0 Å². The Kier molecular flexibility index (Phi) is 3.51. The standard InChI is InChI=1S/C18H24N2O4/c1-18(2)11-8-12-14(6-7-20(12)9-15(19)22)23-16(11)10-4-3-5-13(21)17(10)24-18/h3-5,11-12,14,16,21H,6-9H2,1-2H3,(H2,19,22)/t11-,12-,14-,16+/m0/s1. The molecule has 0 saturated carbocycles. The molecule has 0 aromatic heterocycles. The first-order chi connectivity index (χ1) is 11.4. The third-order valence-electron chi connectivity index (χ3n) is 5.73. The third kappa shape index (κ3) is 2.36. The summed E-state index contributed by atoms with van der Waals surface area (Å²) in [7, 11) is 0. The summed E-state index contributed by atoms with van der Waals surface area (Å²) in [6.45, 7) is 5.18. The Morgan fingerprint density at radius 3 is 3.00 bits per heavy atom. The molecule has 4 atom stereocenters. The van der Waals surface area contributed by atoms with Gasteiger partial charge in [-0.3, -0.25) is 9.69 Å². The van der Waals surface area contributed by atoms with Gasteiger partial charge in [0.1, 0.15) is 5.60 Å². The zero-order valence-electron chi connectivity index (χ0n) is 14.1. The van der Waals surface area contributed by atoms with E-state index in [1.54, 1.807) is 6.07 Å². The van der Waals surface area contributed by atoms with Gasteiger partial charge in [0.25, 0.3) is 0 Å². The van der Waals surface area contributed by atoms with E-state index in [9.17, 15) is 9.90 Å². The summed E-state index contributed by atoms with van der Waals surface area (Å²) in [4.78, 5) is 13.5. The highest BCUT2D eigenvalue weighted by Crippen LogP contribution is 2.54. The Balaban J connectivity index is 1.67. The number of amides is 1. The molecule has 130 valence electrons. The minimum absolute atomic E-state index is 0.0920. The molecular formula is C18H24N2O4. The number of carbonyl (C=O) groups is 1. The molecule has 1 aromatic carbocycles. The van der Waals surface area contributed by atoms with Crippen molar-refractivity contribution in [2.75, 3.05) is 13.1 Å². The van der Waals surface area contributed by atoms with E-state index in [0.29, 0.717) is 5.75 Å². The molecule has 3 aliphatic rings. The second kappa shape index (κ2) is 5.36. The molecule has 3 N–H and O–H groups in total. The number of para-hydroxylation sites is 1. The van der Waals surface area contributed by atoms with Crippen LogP contribution in [0.25, 0.3) is 0 Å². The van der Waals surface area contributed by atoms with Gasteiger partial charge in [-0.25, -0.2) is 0 Å². The second-order valence-corrected chi connectivity index (χ2v) is 7.63. The average Bonchev–Trinajstić information content (AvgIpc) is 2.89. The number of ether oxygens (including phenoxy) is 2. The first-order valence-electron chi connectivity index (χ1n) is 8.55. The van der Waals surface area contributed by atoms with Crippen LogP contribution in [0.5, 0.6) is 11.5 Å². The molecule has 6 heteroatoms. The number of aromatic hydroxyl groups is 1. The lowest BCUT2D eigenvalue weighted by atomic mass is 9.74. The highest BCUT2D eigenvalue weighted by molar-refractivity contribution is 5.76. The van der Waals surface area contributed by atoms with E-state index in [0.717, 1.165) is 24.9 Å². The number of rotatable bonds is 2. The first-order valence-corrected chi connectivity index (χ1v) is 8.55. The van der Waals surface area contributed by atoms with Gasteiger partial charge in [0, 0.05) is 24.1 Å². The van der Waals surface area contributed by atoms with Gasteiger partial charge in [-0.2, -0.15) is 0 Å². The number of benzene rings is 1. The molecule has 2 fully saturated rings. The molecule has 3 aliphatic heterocycles. The lowest BCUT2D eigenvalue weighted by molar-refractivity contribution is -0.163. The summed E-state index contributed by atoms with van der Waals surface area (Å²) in [6.07, 6.45) is 1.79. The smallest absolute Gasteiger partial charge is 0.231 e. The number of fused-ring (bicyclic) bond motifs is 4. The fourth-order valence-electron chi connectivity index (χ4n) is 4.56. The minimum Gasteiger partial charge on any atom is -0.504 e. The molecular weight excluding hydrogens is 308 g/mol. The highest BCUT2D eigenvalue weighted by Gasteiger charge is 2.53. The van der Waals surface area contributed by atoms with Crippen molar-refractivity contribution in [2.45, 2.75) is 50.5 Å². The third-order valence-corrected chi connectivity index (χ3v) is 5.73. The van der Waals surface area contributed by atoms with Crippen LogP contribution in [0.3, 0.4) is 0 Å². The van der Waals surface area contributed by atoms with Crippen molar-refractivity contribution in [1.82, 2.24) is 4.90 Å². The molecule has 0 aliphatic carbocycles. The number of phenols is 1. The van der Waals surface area contributed by atoms with Gasteiger partial charge in [-0.15, -0.1) is 0 Å². The number of phenolic OH excluding ortho intramolecular Hbond substituents is 1. The molecule has 1 aromatic rings. The van der Waals surface area contributed by atoms with Crippen LogP contribution in [0.15, 0.2) is 18.2 Å². The van der Waals surface area contributed by atoms with Crippen molar-refractivity contribution >= 4 is 5.91 Å². The van der Waals surface area contributed by atoms with Crippen LogP contribution in [-0.4, -0.2) is 46.7 Å². The first kappa shape index (κ1) is 15.7. The van der Waals surface area contributed by atoms with E-state index in [2.05, 4.69) is 4.90 Å². The number of likely N-dealkylation sites (tertiary alicyclic amines) is 1. The summed E-state index contributed by atoms with van der Waals surface area (Å²) >= 11 is 0. The van der Waals surface area contributed by atoms with Crippen LogP contribution in [0.1, 0.15) is 38.4 Å². The Labute approximate surface area is 141 Å². The summed E-state index contributed by atoms with van der Waals surface area (Å²) in [6, 6.07) is 5.64. The van der Waals surface area contributed by atoms with Crippen molar-refractivity contribution in [3.63, 3.8) is 0 Å². The number of carbonyl (C=O) groups excluding carboxylic acids is 1. The Hall–Kier alpha value is -1.79. The van der Waals surface area contributed by atoms with Crippen LogP contribution in [0.2, 0.25) is 0 Å². The average molecular weight is 332 g/mol. The van der Waals surface area contributed by atoms with Crippen molar-refractivity contribution < 1.29 is 19.4 Å². The topological polar surface area (TPSA) is 85.0 Å². The molecule has 2 saturated heterocycles. The SMILES string of the molecule is CC1(C)Oc2c(O)cccc2[C@H]2O[C@H]3CCN(CC(N)=O)[C@H]3C[C@@H]21. The van der Waals surface area contributed by atoms with E-state index in [1.807, 2.05) is 26.0 Å². The molecule has 3 heterocycles. The molecule has 0 bridgehead atoms. The van der Waals surface area contributed by atoms with Gasteiger partial charge in [0.2, 0.25) is 5.91 Å². The Morgan fingerprint density at radius 1 is 1.46 bits per heavy atom. The molecule has 4 rings (SSSR count). The van der Waals surface area contributed by atoms with E-state index in [4.69, 9.17) is 15.2 Å². The van der Waals surface area contributed by atoms with Crippen LogP contribution in [0, 0.1) is 5.92 Å². The molecule has 0 spiro atoms. The summed E-state index contributed by atoms with van der Waals surface area (Å²) < 4.78 is 12.6. The van der Waals surface area contributed by atoms with Gasteiger partial charge in [-0.05, 0) is 32.8 Å². The van der Waals surface area contributed by atoms with Crippen molar-refractivity contribution in [2.24, 2.45) is 11.7 Å². The second-order valence-electron chi connectivity index (χ2n) is 7.63. The van der Waals surface area contributed by atoms with Gasteiger partial charge in [-0.1, -0.05) is 12.1 Å². The molecule has 0 unspecified atom stereocenters. The fraction of sp³-hybridized carbons (Fsp3) is 0.611. The van der Waals surface area contributed by atoms with E-state index < -0.39 is 5.60 Å². The number of hydrogen-bond acceptors (Lipinski definition) is 5. The van der Waals surface area contributed by atoms with Gasteiger partial charge in [0.05, 0.1) is 18.8 Å². The Bertz CT molecular complexity index is 675. The predicted molar refractivity (Wildman–Crippen MR) is 87.7 cm³/mol. The Morgan fingerprint density at radius 2 is 2.25 bits per heavy atom. The van der Waals surface area contributed by atoms with E-state index in [-0.39, 0.29) is 42.4 Å². The van der Waals surface area contributed by atoms with Crippen LogP contribution in [0.4, 0.5) is 0 Å². The van der Waals surface area contributed by atoms with Gasteiger partial charge >= 0.3 is 0 Å². The number of nitrogens with zero attached hydrogens (tertiary/aromatic N) is 1. The van der Waals surface area contributed by atoms with Crippen molar-refractivity contribution in [3.05, 3.63) is 23.8 Å². The maximum Gasteiger partial charge on any atom is 0.231 e. The predicted octanol–water partition coefficient (Wildman–Crippen LogP) is 1.57. The van der Waals surface area contributed by atoms with Crippen LogP contribution >= 0.6 is 0 Å². The zero-order chi connectivity index (χ0) is 17.1. The normalized spacial score (nSPS) is 33.9. The van der Waals surface area contributed by atoms with Crippen molar-refractivity contribution in [3.8, 4) is 11.5 Å². The highest BCUT2D eigenvalue weighted by atomic mass is 16.5. The minimum atomic E-state index is -0.456. The largest absolute Gasteiger partial charge is 0.504 e. The lowest BCUT2D eigenvalue weighted by Crippen LogP contribution is -2.54. The lowest BCUT2D eigenvalue weighted by Gasteiger charge is -2.50. The number of primary amides is 1. The van der Waals surface area contributed by atoms with E-state index >= 15 is 0 Å². The quantitative estimate of drug-likeness (QED) is 0.859. The zero-order valence-corrected chi connectivity index (χ0v) is 14.1. The van der Waals surface area contributed by atoms with Crippen LogP contribution < -0.4 is 10.5 Å². The molecule has 24 heavy (non-hydrogen) atoms.